The molecule has 0 amide bonds. The Kier molecular flexibility index (Phi) is 3.61. The Balaban J connectivity index is 2.13. The molecule has 1 saturated heterocycles. The highest BCUT2D eigenvalue weighted by Crippen LogP contribution is 2.29. The van der Waals surface area contributed by atoms with Crippen LogP contribution in [0.2, 0.25) is 5.02 Å². The molecule has 1 aliphatic heterocycles. The highest BCUT2D eigenvalue weighted by molar-refractivity contribution is 6.30. The van der Waals surface area contributed by atoms with Gasteiger partial charge in [-0.1, -0.05) is 17.7 Å². The zero-order chi connectivity index (χ0) is 12.5. The van der Waals surface area contributed by atoms with Crippen molar-refractivity contribution >= 4 is 17.3 Å². The van der Waals surface area contributed by atoms with E-state index in [9.17, 15) is 5.11 Å². The van der Waals surface area contributed by atoms with Crippen LogP contribution in [0.25, 0.3) is 0 Å². The van der Waals surface area contributed by atoms with Crippen LogP contribution in [0.3, 0.4) is 0 Å². The average molecular weight is 255 g/mol. The SMILES string of the molecule is Cc1ccc(Cl)cc1N1CCC(N)(CO)CC1. The molecule has 1 fully saturated rings. The maximum atomic E-state index is 9.24. The molecule has 0 radical (unpaired) electrons. The molecule has 0 atom stereocenters. The third-order valence-electron chi connectivity index (χ3n) is 3.59. The van der Waals surface area contributed by atoms with Crippen molar-refractivity contribution in [2.75, 3.05) is 24.6 Å². The van der Waals surface area contributed by atoms with E-state index in [4.69, 9.17) is 17.3 Å². The number of aryl methyl sites for hydroxylation is 1. The van der Waals surface area contributed by atoms with Crippen LogP contribution >= 0.6 is 11.6 Å². The Bertz CT molecular complexity index is 400. The minimum absolute atomic E-state index is 0.0648. The maximum Gasteiger partial charge on any atom is 0.0612 e. The van der Waals surface area contributed by atoms with E-state index in [-0.39, 0.29) is 6.61 Å². The van der Waals surface area contributed by atoms with Crippen LogP contribution in [-0.4, -0.2) is 30.3 Å². The lowest BCUT2D eigenvalue weighted by atomic mass is 9.89. The lowest BCUT2D eigenvalue weighted by Gasteiger charge is -2.39. The van der Waals surface area contributed by atoms with Crippen LogP contribution in [0.5, 0.6) is 0 Å². The molecule has 0 aromatic heterocycles. The Morgan fingerprint density at radius 1 is 1.41 bits per heavy atom. The number of rotatable bonds is 2. The van der Waals surface area contributed by atoms with Gasteiger partial charge in [-0.3, -0.25) is 0 Å². The average Bonchev–Trinajstić information content (AvgIpc) is 2.34. The molecule has 0 aliphatic carbocycles. The third-order valence-corrected chi connectivity index (χ3v) is 3.82. The summed E-state index contributed by atoms with van der Waals surface area (Å²) in [5, 5.41) is 10.0. The normalized spacial score (nSPS) is 19.4. The maximum absolute atomic E-state index is 9.24. The first-order valence-corrected chi connectivity index (χ1v) is 6.33. The Morgan fingerprint density at radius 2 is 2.06 bits per heavy atom. The van der Waals surface area contributed by atoms with Gasteiger partial charge in [0, 0.05) is 29.3 Å². The smallest absolute Gasteiger partial charge is 0.0612 e. The van der Waals surface area contributed by atoms with Gasteiger partial charge in [0.1, 0.15) is 0 Å². The van der Waals surface area contributed by atoms with Crippen molar-refractivity contribution in [1.82, 2.24) is 0 Å². The van der Waals surface area contributed by atoms with E-state index in [0.717, 1.165) is 31.0 Å². The Hall–Kier alpha value is -0.770. The molecular formula is C13H19ClN2O. The number of hydrogen-bond acceptors (Lipinski definition) is 3. The zero-order valence-electron chi connectivity index (χ0n) is 10.1. The van der Waals surface area contributed by atoms with Gasteiger partial charge >= 0.3 is 0 Å². The number of benzene rings is 1. The fourth-order valence-corrected chi connectivity index (χ4v) is 2.44. The summed E-state index contributed by atoms with van der Waals surface area (Å²) < 4.78 is 0. The Morgan fingerprint density at radius 3 is 2.65 bits per heavy atom. The first-order chi connectivity index (χ1) is 8.04. The Labute approximate surface area is 107 Å². The summed E-state index contributed by atoms with van der Waals surface area (Å²) in [7, 11) is 0. The standard InChI is InChI=1S/C13H19ClN2O/c1-10-2-3-11(14)8-12(10)16-6-4-13(15,9-17)5-7-16/h2-3,8,17H,4-7,9,15H2,1H3. The van der Waals surface area contributed by atoms with Crippen molar-refractivity contribution in [3.05, 3.63) is 28.8 Å². The summed E-state index contributed by atoms with van der Waals surface area (Å²) in [6, 6.07) is 5.94. The lowest BCUT2D eigenvalue weighted by Crippen LogP contribution is -2.53. The molecule has 1 aromatic carbocycles. The van der Waals surface area contributed by atoms with Gasteiger partial charge in [0.05, 0.1) is 6.61 Å². The molecule has 0 spiro atoms. The summed E-state index contributed by atoms with van der Waals surface area (Å²) in [6.07, 6.45) is 1.63. The fourth-order valence-electron chi connectivity index (χ4n) is 2.27. The van der Waals surface area contributed by atoms with E-state index >= 15 is 0 Å². The van der Waals surface area contributed by atoms with Crippen molar-refractivity contribution in [2.45, 2.75) is 25.3 Å². The monoisotopic (exact) mass is 254 g/mol. The molecule has 1 heterocycles. The van der Waals surface area contributed by atoms with Gasteiger partial charge < -0.3 is 15.7 Å². The van der Waals surface area contributed by atoms with Gasteiger partial charge in [-0.25, -0.2) is 0 Å². The molecule has 0 bridgehead atoms. The molecule has 17 heavy (non-hydrogen) atoms. The molecule has 1 aliphatic rings. The number of nitrogens with zero attached hydrogens (tertiary/aromatic N) is 1. The van der Waals surface area contributed by atoms with Crippen molar-refractivity contribution in [1.29, 1.82) is 0 Å². The van der Waals surface area contributed by atoms with Crippen LogP contribution in [0.4, 0.5) is 5.69 Å². The largest absolute Gasteiger partial charge is 0.394 e. The van der Waals surface area contributed by atoms with Gasteiger partial charge in [-0.05, 0) is 37.5 Å². The molecular weight excluding hydrogens is 236 g/mol. The summed E-state index contributed by atoms with van der Waals surface area (Å²) in [6.45, 7) is 3.90. The second-order valence-corrected chi connectivity index (χ2v) is 5.37. The van der Waals surface area contributed by atoms with Crippen LogP contribution < -0.4 is 10.6 Å². The summed E-state index contributed by atoms with van der Waals surface area (Å²) >= 11 is 6.03. The number of piperidine rings is 1. The quantitative estimate of drug-likeness (QED) is 0.848. The number of aliphatic hydroxyl groups is 1. The second kappa shape index (κ2) is 4.84. The van der Waals surface area contributed by atoms with E-state index in [1.54, 1.807) is 0 Å². The predicted octanol–water partition coefficient (Wildman–Crippen LogP) is 1.94. The summed E-state index contributed by atoms with van der Waals surface area (Å²) in [5.41, 5.74) is 8.07. The minimum Gasteiger partial charge on any atom is -0.394 e. The minimum atomic E-state index is -0.400. The summed E-state index contributed by atoms with van der Waals surface area (Å²) in [5.74, 6) is 0. The predicted molar refractivity (Wildman–Crippen MR) is 71.6 cm³/mol. The number of anilines is 1. The number of hydrogen-bond donors (Lipinski definition) is 2. The molecule has 94 valence electrons. The van der Waals surface area contributed by atoms with E-state index in [1.165, 1.54) is 11.3 Å². The highest BCUT2D eigenvalue weighted by Gasteiger charge is 2.30. The first kappa shape index (κ1) is 12.7. The van der Waals surface area contributed by atoms with Crippen LogP contribution in [0, 0.1) is 6.92 Å². The van der Waals surface area contributed by atoms with E-state index < -0.39 is 5.54 Å². The van der Waals surface area contributed by atoms with Gasteiger partial charge in [0.2, 0.25) is 0 Å². The number of halogens is 1. The van der Waals surface area contributed by atoms with E-state index in [0.29, 0.717) is 0 Å². The number of aliphatic hydroxyl groups excluding tert-OH is 1. The van der Waals surface area contributed by atoms with Gasteiger partial charge in [-0.2, -0.15) is 0 Å². The molecule has 0 unspecified atom stereocenters. The summed E-state index contributed by atoms with van der Waals surface area (Å²) in [4.78, 5) is 2.29. The highest BCUT2D eigenvalue weighted by atomic mass is 35.5. The second-order valence-electron chi connectivity index (χ2n) is 4.94. The molecule has 1 aromatic rings. The van der Waals surface area contributed by atoms with Gasteiger partial charge in [-0.15, -0.1) is 0 Å². The fraction of sp³-hybridized carbons (Fsp3) is 0.538. The zero-order valence-corrected chi connectivity index (χ0v) is 10.9. The van der Waals surface area contributed by atoms with Crippen molar-refractivity contribution < 1.29 is 5.11 Å². The molecule has 2 rings (SSSR count). The van der Waals surface area contributed by atoms with Gasteiger partial charge in [0.15, 0.2) is 0 Å². The van der Waals surface area contributed by atoms with Crippen LogP contribution in [0.15, 0.2) is 18.2 Å². The third kappa shape index (κ3) is 2.73. The topological polar surface area (TPSA) is 49.5 Å². The first-order valence-electron chi connectivity index (χ1n) is 5.95. The van der Waals surface area contributed by atoms with Gasteiger partial charge in [0.25, 0.3) is 0 Å². The van der Waals surface area contributed by atoms with E-state index in [1.807, 2.05) is 18.2 Å². The van der Waals surface area contributed by atoms with Crippen molar-refractivity contribution in [2.24, 2.45) is 5.73 Å². The van der Waals surface area contributed by atoms with Crippen LogP contribution in [-0.2, 0) is 0 Å². The number of nitrogens with two attached hydrogens (primary N) is 1. The van der Waals surface area contributed by atoms with Crippen molar-refractivity contribution in [3.63, 3.8) is 0 Å². The lowest BCUT2D eigenvalue weighted by molar-refractivity contribution is 0.170. The van der Waals surface area contributed by atoms with E-state index in [2.05, 4.69) is 11.8 Å². The molecule has 0 saturated carbocycles. The molecule has 3 N–H and O–H groups in total. The molecule has 3 nitrogen and oxygen atoms in total. The molecule has 4 heteroatoms. The van der Waals surface area contributed by atoms with Crippen LogP contribution in [0.1, 0.15) is 18.4 Å². The van der Waals surface area contributed by atoms with Crippen molar-refractivity contribution in [3.8, 4) is 0 Å².